The van der Waals surface area contributed by atoms with Crippen molar-refractivity contribution in [2.75, 3.05) is 6.54 Å². The van der Waals surface area contributed by atoms with Crippen molar-refractivity contribution < 1.29 is 14.7 Å². The van der Waals surface area contributed by atoms with Gasteiger partial charge in [-0.2, -0.15) is 0 Å². The Kier molecular flexibility index (Phi) is 6.32. The minimum atomic E-state index is -0.652. The van der Waals surface area contributed by atoms with Crippen molar-refractivity contribution in [2.24, 2.45) is 0 Å². The number of rotatable bonds is 7. The number of aromatic nitrogens is 1. The number of carbonyl (C=O) groups is 2. The molecule has 0 radical (unpaired) electrons. The van der Waals surface area contributed by atoms with Crippen LogP contribution in [0, 0.1) is 13.8 Å². The molecule has 162 valence electrons. The second-order valence-corrected chi connectivity index (χ2v) is 8.89. The average molecular weight is 445 g/mol. The molecule has 2 aromatic carbocycles. The molecule has 3 aromatic rings. The molecule has 4 rings (SSSR count). The summed E-state index contributed by atoms with van der Waals surface area (Å²) in [6.45, 7) is 3.99. The van der Waals surface area contributed by atoms with Crippen molar-refractivity contribution in [3.63, 3.8) is 0 Å². The highest BCUT2D eigenvalue weighted by molar-refractivity contribution is 7.14. The molecule has 6 heteroatoms. The third kappa shape index (κ3) is 4.41. The molecular formula is C26H24N2O3S. The highest BCUT2D eigenvalue weighted by Crippen LogP contribution is 2.32. The van der Waals surface area contributed by atoms with Gasteiger partial charge in [0.05, 0.1) is 27.2 Å². The van der Waals surface area contributed by atoms with Crippen LogP contribution in [0.15, 0.2) is 78.1 Å². The summed E-state index contributed by atoms with van der Waals surface area (Å²) in [6, 6.07) is 18.9. The lowest BCUT2D eigenvalue weighted by atomic mass is 10.00. The summed E-state index contributed by atoms with van der Waals surface area (Å²) in [4.78, 5) is 32.8. The molecule has 0 spiro atoms. The zero-order valence-corrected chi connectivity index (χ0v) is 18.8. The Bertz CT molecular complexity index is 1200. The van der Waals surface area contributed by atoms with Crippen molar-refractivity contribution >= 4 is 29.1 Å². The highest BCUT2D eigenvalue weighted by atomic mass is 32.1. The number of aliphatic hydroxyl groups is 1. The van der Waals surface area contributed by atoms with Gasteiger partial charge in [0.15, 0.2) is 5.76 Å². The molecule has 1 unspecified atom stereocenters. The predicted molar refractivity (Wildman–Crippen MR) is 127 cm³/mol. The largest absolute Gasteiger partial charge is 0.503 e. The number of nitrogens with zero attached hydrogens (tertiary/aromatic N) is 2. The van der Waals surface area contributed by atoms with E-state index in [9.17, 15) is 14.7 Å². The lowest BCUT2D eigenvalue weighted by Crippen LogP contribution is -2.37. The molecule has 1 amide bonds. The molecule has 1 atom stereocenters. The van der Waals surface area contributed by atoms with Crippen LogP contribution in [0.1, 0.15) is 31.5 Å². The predicted octanol–water partition coefficient (Wildman–Crippen LogP) is 4.92. The summed E-state index contributed by atoms with van der Waals surface area (Å²) in [5.74, 6) is -1.34. The van der Waals surface area contributed by atoms with Crippen LogP contribution in [0.3, 0.4) is 0 Å². The van der Waals surface area contributed by atoms with Gasteiger partial charge in [-0.05, 0) is 31.4 Å². The van der Waals surface area contributed by atoms with E-state index in [-0.39, 0.29) is 11.4 Å². The van der Waals surface area contributed by atoms with Gasteiger partial charge in [0.1, 0.15) is 0 Å². The van der Waals surface area contributed by atoms with E-state index in [1.165, 1.54) is 11.3 Å². The smallest absolute Gasteiger partial charge is 0.290 e. The standard InChI is InChI=1S/C26H24N2O3S/c1-17-25(32-18(2)27-17)23(29)22-21(14-13-19-9-5-3-6-10-19)28(26(31)24(22)30)16-15-20-11-7-4-8-12-20/h3-14,21,30H,15-16H2,1-2H3. The van der Waals surface area contributed by atoms with Crippen LogP contribution in [0.4, 0.5) is 0 Å². The maximum absolute atomic E-state index is 13.4. The maximum Gasteiger partial charge on any atom is 0.290 e. The minimum absolute atomic E-state index is 0.113. The van der Waals surface area contributed by atoms with E-state index in [0.29, 0.717) is 23.5 Å². The number of carbonyl (C=O) groups excluding carboxylic acids is 2. The van der Waals surface area contributed by atoms with E-state index in [0.717, 1.165) is 16.1 Å². The van der Waals surface area contributed by atoms with Gasteiger partial charge in [-0.3, -0.25) is 9.59 Å². The monoisotopic (exact) mass is 444 g/mol. The van der Waals surface area contributed by atoms with E-state index < -0.39 is 17.7 Å². The van der Waals surface area contributed by atoms with E-state index in [4.69, 9.17) is 0 Å². The summed E-state index contributed by atoms with van der Waals surface area (Å²) in [6.07, 6.45) is 4.32. The van der Waals surface area contributed by atoms with Crippen molar-refractivity contribution in [3.8, 4) is 0 Å². The molecule has 5 nitrogen and oxygen atoms in total. The van der Waals surface area contributed by atoms with E-state index in [1.807, 2.05) is 79.7 Å². The van der Waals surface area contributed by atoms with Crippen LogP contribution >= 0.6 is 11.3 Å². The number of hydrogen-bond donors (Lipinski definition) is 1. The molecule has 1 aromatic heterocycles. The first kappa shape index (κ1) is 21.7. The molecule has 0 saturated carbocycles. The molecule has 2 heterocycles. The van der Waals surface area contributed by atoms with Crippen LogP contribution < -0.4 is 0 Å². The molecule has 0 bridgehead atoms. The quantitative estimate of drug-likeness (QED) is 0.525. The lowest BCUT2D eigenvalue weighted by Gasteiger charge is -2.24. The molecule has 1 aliphatic heterocycles. The van der Waals surface area contributed by atoms with Crippen molar-refractivity contribution in [1.29, 1.82) is 0 Å². The number of benzene rings is 2. The highest BCUT2D eigenvalue weighted by Gasteiger charge is 2.42. The first-order valence-electron chi connectivity index (χ1n) is 10.5. The zero-order chi connectivity index (χ0) is 22.7. The Hall–Kier alpha value is -3.51. The Balaban J connectivity index is 1.68. The Morgan fingerprint density at radius 1 is 1.09 bits per heavy atom. The van der Waals surface area contributed by atoms with Crippen LogP contribution in [-0.4, -0.2) is 39.3 Å². The fourth-order valence-electron chi connectivity index (χ4n) is 3.88. The van der Waals surface area contributed by atoms with Gasteiger partial charge in [-0.1, -0.05) is 72.8 Å². The number of aryl methyl sites for hydroxylation is 2. The molecule has 1 aliphatic rings. The topological polar surface area (TPSA) is 70.5 Å². The van der Waals surface area contributed by atoms with Crippen LogP contribution in [0.2, 0.25) is 0 Å². The second kappa shape index (κ2) is 9.32. The number of hydrogen-bond acceptors (Lipinski definition) is 5. The number of amides is 1. The Morgan fingerprint density at radius 2 is 1.75 bits per heavy atom. The zero-order valence-electron chi connectivity index (χ0n) is 18.0. The summed E-state index contributed by atoms with van der Waals surface area (Å²) in [5.41, 5.74) is 2.76. The van der Waals surface area contributed by atoms with Gasteiger partial charge in [-0.25, -0.2) is 4.98 Å². The van der Waals surface area contributed by atoms with Gasteiger partial charge >= 0.3 is 0 Å². The van der Waals surface area contributed by atoms with E-state index in [1.54, 1.807) is 11.8 Å². The van der Waals surface area contributed by atoms with Crippen molar-refractivity contribution in [2.45, 2.75) is 26.3 Å². The lowest BCUT2D eigenvalue weighted by molar-refractivity contribution is -0.128. The normalized spacial score (nSPS) is 16.4. The number of Topliss-reactive ketones (excluding diaryl/α,β-unsaturated/α-hetero) is 1. The number of aliphatic hydroxyl groups excluding tert-OH is 1. The fourth-order valence-corrected chi connectivity index (χ4v) is 4.75. The molecule has 0 aliphatic carbocycles. The van der Waals surface area contributed by atoms with Gasteiger partial charge in [0.2, 0.25) is 5.78 Å². The summed E-state index contributed by atoms with van der Waals surface area (Å²) < 4.78 is 0. The molecular weight excluding hydrogens is 420 g/mol. The van der Waals surface area contributed by atoms with Gasteiger partial charge in [-0.15, -0.1) is 11.3 Å². The minimum Gasteiger partial charge on any atom is -0.503 e. The number of ketones is 1. The van der Waals surface area contributed by atoms with E-state index >= 15 is 0 Å². The van der Waals surface area contributed by atoms with Gasteiger partial charge in [0.25, 0.3) is 5.91 Å². The first-order chi connectivity index (χ1) is 15.5. The summed E-state index contributed by atoms with van der Waals surface area (Å²) >= 11 is 1.28. The van der Waals surface area contributed by atoms with Gasteiger partial charge < -0.3 is 10.0 Å². The number of thiazole rings is 1. The van der Waals surface area contributed by atoms with E-state index in [2.05, 4.69) is 4.98 Å². The van der Waals surface area contributed by atoms with Crippen LogP contribution in [0.5, 0.6) is 0 Å². The third-order valence-electron chi connectivity index (χ3n) is 5.46. The van der Waals surface area contributed by atoms with Crippen molar-refractivity contribution in [3.05, 3.63) is 105 Å². The SMILES string of the molecule is Cc1nc(C)c(C(=O)C2=C(O)C(=O)N(CCc3ccccc3)C2C=Cc2ccccc2)s1. The third-order valence-corrected chi connectivity index (χ3v) is 6.53. The maximum atomic E-state index is 13.4. The second-order valence-electron chi connectivity index (χ2n) is 7.69. The first-order valence-corrected chi connectivity index (χ1v) is 11.3. The van der Waals surface area contributed by atoms with Crippen LogP contribution in [0.25, 0.3) is 6.08 Å². The van der Waals surface area contributed by atoms with Gasteiger partial charge in [0, 0.05) is 6.54 Å². The fraction of sp³-hybridized carbons (Fsp3) is 0.192. The average Bonchev–Trinajstić information content (AvgIpc) is 3.27. The van der Waals surface area contributed by atoms with Crippen molar-refractivity contribution in [1.82, 2.24) is 9.88 Å². The Labute approximate surface area is 191 Å². The summed E-state index contributed by atoms with van der Waals surface area (Å²) in [5, 5.41) is 11.5. The molecule has 1 N–H and O–H groups in total. The van der Waals surface area contributed by atoms with Crippen LogP contribution in [-0.2, 0) is 11.2 Å². The molecule has 32 heavy (non-hydrogen) atoms. The summed E-state index contributed by atoms with van der Waals surface area (Å²) in [7, 11) is 0. The molecule has 0 saturated heterocycles. The Morgan fingerprint density at radius 3 is 2.38 bits per heavy atom. The molecule has 0 fully saturated rings.